The van der Waals surface area contributed by atoms with Crippen molar-refractivity contribution < 1.29 is 14.2 Å². The molecule has 3 heterocycles. The number of aliphatic hydroxyl groups excluding tert-OH is 1. The monoisotopic (exact) mass is 499 g/mol. The number of alkyl halides is 1. The highest BCUT2D eigenvalue weighted by atomic mass is 35.5. The topological polar surface area (TPSA) is 58.5 Å². The van der Waals surface area contributed by atoms with Gasteiger partial charge in [-0.2, -0.15) is 0 Å². The molecule has 188 valence electrons. The molecular weight excluding hydrogens is 465 g/mol. The molecule has 1 aromatic carbocycles. The number of pyridine rings is 2. The standard InChI is InChI=1S/C28H35ClFN3O2/c1-35-22-7-8-26-23(17-22)27(24(29)19-32-26)25(30)9-10-28(20-34)11-15-33(16-12-28)14-3-2-5-21-6-4-13-31-18-21/h4,6-8,13,17-19,25,34H,2-3,5,9-12,14-16,20H2,1H3/t25-/m0/s1. The second-order valence-electron chi connectivity index (χ2n) is 9.73. The van der Waals surface area contributed by atoms with Gasteiger partial charge in [-0.05, 0) is 99.8 Å². The van der Waals surface area contributed by atoms with Crippen LogP contribution in [0.15, 0.2) is 48.9 Å². The van der Waals surface area contributed by atoms with Gasteiger partial charge in [-0.15, -0.1) is 0 Å². The van der Waals surface area contributed by atoms with Crippen LogP contribution in [0.25, 0.3) is 10.9 Å². The van der Waals surface area contributed by atoms with Crippen LogP contribution >= 0.6 is 11.6 Å². The fourth-order valence-electron chi connectivity index (χ4n) is 5.14. The van der Waals surface area contributed by atoms with Gasteiger partial charge in [-0.25, -0.2) is 4.39 Å². The molecule has 35 heavy (non-hydrogen) atoms. The zero-order chi connectivity index (χ0) is 24.7. The zero-order valence-electron chi connectivity index (χ0n) is 20.4. The SMILES string of the molecule is COc1ccc2ncc(Cl)c([C@@H](F)CCC3(CO)CCN(CCCCc4cccnc4)CC3)c2c1. The summed E-state index contributed by atoms with van der Waals surface area (Å²) >= 11 is 6.40. The number of unbranched alkanes of at least 4 members (excludes halogenated alkanes) is 1. The second-order valence-corrected chi connectivity index (χ2v) is 10.1. The second kappa shape index (κ2) is 12.1. The number of nitrogens with zero attached hydrogens (tertiary/aromatic N) is 3. The smallest absolute Gasteiger partial charge is 0.127 e. The quantitative estimate of drug-likeness (QED) is 0.319. The van der Waals surface area contributed by atoms with Crippen LogP contribution in [0, 0.1) is 5.41 Å². The summed E-state index contributed by atoms with van der Waals surface area (Å²) in [4.78, 5) is 11.0. The van der Waals surface area contributed by atoms with Crippen molar-refractivity contribution in [1.82, 2.24) is 14.9 Å². The molecular formula is C28H35ClFN3O2. The number of rotatable bonds is 11. The molecule has 1 atom stereocenters. The van der Waals surface area contributed by atoms with Gasteiger partial charge in [0.25, 0.3) is 0 Å². The minimum atomic E-state index is -1.23. The summed E-state index contributed by atoms with van der Waals surface area (Å²) in [6.07, 6.45) is 10.1. The van der Waals surface area contributed by atoms with Crippen molar-refractivity contribution in [3.63, 3.8) is 0 Å². The Labute approximate surface area is 212 Å². The summed E-state index contributed by atoms with van der Waals surface area (Å²) in [6, 6.07) is 9.54. The molecule has 5 nitrogen and oxygen atoms in total. The third-order valence-corrected chi connectivity index (χ3v) is 7.78. The predicted octanol–water partition coefficient (Wildman–Crippen LogP) is 6.18. The highest BCUT2D eigenvalue weighted by Gasteiger charge is 2.35. The number of aromatic nitrogens is 2. The predicted molar refractivity (Wildman–Crippen MR) is 139 cm³/mol. The van der Waals surface area contributed by atoms with E-state index in [9.17, 15) is 5.11 Å². The van der Waals surface area contributed by atoms with E-state index in [0.717, 1.165) is 51.7 Å². The Morgan fingerprint density at radius 3 is 2.74 bits per heavy atom. The highest BCUT2D eigenvalue weighted by Crippen LogP contribution is 2.41. The Bertz CT molecular complexity index is 1090. The number of ether oxygens (including phenoxy) is 1. The van der Waals surface area contributed by atoms with Crippen LogP contribution in [0.2, 0.25) is 5.02 Å². The average molecular weight is 500 g/mol. The fraction of sp³-hybridized carbons (Fsp3) is 0.500. The van der Waals surface area contributed by atoms with Gasteiger partial charge in [0.2, 0.25) is 0 Å². The first-order valence-corrected chi connectivity index (χ1v) is 12.9. The van der Waals surface area contributed by atoms with Crippen LogP contribution < -0.4 is 4.74 Å². The first kappa shape index (κ1) is 25.8. The molecule has 0 bridgehead atoms. The summed E-state index contributed by atoms with van der Waals surface area (Å²) < 4.78 is 20.9. The molecule has 0 unspecified atom stereocenters. The first-order valence-electron chi connectivity index (χ1n) is 12.5. The lowest BCUT2D eigenvalue weighted by atomic mass is 9.74. The van der Waals surface area contributed by atoms with E-state index < -0.39 is 6.17 Å². The summed E-state index contributed by atoms with van der Waals surface area (Å²) in [5.74, 6) is 0.648. The molecule has 0 amide bonds. The molecule has 7 heteroatoms. The number of aryl methyl sites for hydroxylation is 1. The van der Waals surface area contributed by atoms with Crippen molar-refractivity contribution in [1.29, 1.82) is 0 Å². The molecule has 1 aliphatic rings. The van der Waals surface area contributed by atoms with Gasteiger partial charge >= 0.3 is 0 Å². The van der Waals surface area contributed by atoms with E-state index in [0.29, 0.717) is 40.1 Å². The van der Waals surface area contributed by atoms with Gasteiger partial charge in [0.05, 0.1) is 17.6 Å². The van der Waals surface area contributed by atoms with E-state index in [2.05, 4.69) is 20.9 Å². The molecule has 3 aromatic rings. The number of piperidine rings is 1. The molecule has 1 N–H and O–H groups in total. The first-order chi connectivity index (χ1) is 17.0. The number of methoxy groups -OCH3 is 1. The normalized spacial score (nSPS) is 16.9. The molecule has 0 radical (unpaired) electrons. The van der Waals surface area contributed by atoms with Crippen LogP contribution in [0.1, 0.15) is 55.8 Å². The number of benzene rings is 1. The van der Waals surface area contributed by atoms with E-state index in [4.69, 9.17) is 16.3 Å². The third-order valence-electron chi connectivity index (χ3n) is 7.47. The van der Waals surface area contributed by atoms with Crippen molar-refractivity contribution in [2.75, 3.05) is 33.4 Å². The van der Waals surface area contributed by atoms with E-state index in [1.165, 1.54) is 11.8 Å². The molecule has 0 spiro atoms. The van der Waals surface area contributed by atoms with Gasteiger partial charge in [-0.3, -0.25) is 9.97 Å². The fourth-order valence-corrected chi connectivity index (χ4v) is 5.41. The van der Waals surface area contributed by atoms with Crippen molar-refractivity contribution in [2.45, 2.75) is 51.1 Å². The number of hydrogen-bond donors (Lipinski definition) is 1. The van der Waals surface area contributed by atoms with E-state index in [1.807, 2.05) is 24.4 Å². The molecule has 1 saturated heterocycles. The van der Waals surface area contributed by atoms with Crippen molar-refractivity contribution >= 4 is 22.5 Å². The molecule has 1 aliphatic heterocycles. The number of halogens is 2. The van der Waals surface area contributed by atoms with Crippen LogP contribution in [0.3, 0.4) is 0 Å². The molecule has 0 aliphatic carbocycles. The highest BCUT2D eigenvalue weighted by molar-refractivity contribution is 6.32. The Kier molecular flexibility index (Phi) is 8.93. The largest absolute Gasteiger partial charge is 0.497 e. The van der Waals surface area contributed by atoms with Gasteiger partial charge in [0, 0.05) is 36.1 Å². The summed E-state index contributed by atoms with van der Waals surface area (Å²) in [7, 11) is 1.59. The van der Waals surface area contributed by atoms with Crippen LogP contribution in [-0.2, 0) is 6.42 Å². The van der Waals surface area contributed by atoms with E-state index in [1.54, 1.807) is 19.4 Å². The Morgan fingerprint density at radius 2 is 2.03 bits per heavy atom. The number of hydrogen-bond acceptors (Lipinski definition) is 5. The molecule has 2 aromatic heterocycles. The lowest BCUT2D eigenvalue weighted by Crippen LogP contribution is -2.42. The summed E-state index contributed by atoms with van der Waals surface area (Å²) in [5.41, 5.74) is 2.21. The lowest BCUT2D eigenvalue weighted by Gasteiger charge is -2.41. The Balaban J connectivity index is 1.30. The third kappa shape index (κ3) is 6.49. The van der Waals surface area contributed by atoms with Gasteiger partial charge < -0.3 is 14.7 Å². The minimum absolute atomic E-state index is 0.0905. The van der Waals surface area contributed by atoms with Gasteiger partial charge in [0.1, 0.15) is 11.9 Å². The van der Waals surface area contributed by atoms with Crippen molar-refractivity contribution in [3.8, 4) is 5.75 Å². The minimum Gasteiger partial charge on any atom is -0.497 e. The Hall–Kier alpha value is -2.28. The van der Waals surface area contributed by atoms with Crippen LogP contribution in [0.5, 0.6) is 5.75 Å². The van der Waals surface area contributed by atoms with Crippen LogP contribution in [0.4, 0.5) is 4.39 Å². The van der Waals surface area contributed by atoms with Gasteiger partial charge in [-0.1, -0.05) is 17.7 Å². The maximum absolute atomic E-state index is 15.6. The average Bonchev–Trinajstić information content (AvgIpc) is 2.90. The number of likely N-dealkylation sites (tertiary alicyclic amines) is 1. The van der Waals surface area contributed by atoms with Gasteiger partial charge in [0.15, 0.2) is 0 Å². The number of fused-ring (bicyclic) bond motifs is 1. The van der Waals surface area contributed by atoms with Crippen LogP contribution in [-0.4, -0.2) is 53.3 Å². The van der Waals surface area contributed by atoms with Crippen molar-refractivity contribution in [3.05, 3.63) is 65.1 Å². The molecule has 0 saturated carbocycles. The van der Waals surface area contributed by atoms with E-state index >= 15 is 4.39 Å². The van der Waals surface area contributed by atoms with E-state index in [-0.39, 0.29) is 12.0 Å². The Morgan fingerprint density at radius 1 is 1.20 bits per heavy atom. The number of aliphatic hydroxyl groups is 1. The molecule has 4 rings (SSSR count). The maximum atomic E-state index is 15.6. The lowest BCUT2D eigenvalue weighted by molar-refractivity contribution is 0.0298. The molecule has 1 fully saturated rings. The zero-order valence-corrected chi connectivity index (χ0v) is 21.2. The summed E-state index contributed by atoms with van der Waals surface area (Å²) in [6.45, 7) is 3.04. The summed E-state index contributed by atoms with van der Waals surface area (Å²) in [5, 5.41) is 11.3. The maximum Gasteiger partial charge on any atom is 0.127 e. The van der Waals surface area contributed by atoms with Crippen molar-refractivity contribution in [2.24, 2.45) is 5.41 Å².